The first-order chi connectivity index (χ1) is 6.90. The molecule has 0 aromatic rings. The number of carbonyl (C=O) groups excluding carboxylic acids is 2. The van der Waals surface area contributed by atoms with E-state index in [4.69, 9.17) is 4.74 Å². The Morgan fingerprint density at radius 3 is 2.60 bits per heavy atom. The van der Waals surface area contributed by atoms with Crippen molar-refractivity contribution in [3.05, 3.63) is 11.1 Å². The summed E-state index contributed by atoms with van der Waals surface area (Å²) in [5.41, 5.74) is 0.884. The molecule has 0 bridgehead atoms. The summed E-state index contributed by atoms with van der Waals surface area (Å²) in [7, 11) is 0. The first-order valence-electron chi connectivity index (χ1n) is 5.32. The molecule has 0 aliphatic heterocycles. The van der Waals surface area contributed by atoms with Crippen LogP contribution in [0.3, 0.4) is 0 Å². The van der Waals surface area contributed by atoms with Crippen LogP contribution in [-0.2, 0) is 14.3 Å². The van der Waals surface area contributed by atoms with Crippen LogP contribution in [0.5, 0.6) is 0 Å². The van der Waals surface area contributed by atoms with E-state index in [1.807, 2.05) is 13.8 Å². The number of carbonyl (C=O) groups is 2. The van der Waals surface area contributed by atoms with Crippen LogP contribution in [0.15, 0.2) is 11.1 Å². The lowest BCUT2D eigenvalue weighted by Crippen LogP contribution is -2.31. The maximum Gasteiger partial charge on any atom is 0.334 e. The Morgan fingerprint density at radius 1 is 1.47 bits per heavy atom. The molecule has 0 radical (unpaired) electrons. The average Bonchev–Trinajstić information content (AvgIpc) is 2.12. The van der Waals surface area contributed by atoms with Crippen LogP contribution in [0, 0.1) is 5.41 Å². The minimum atomic E-state index is -0.340. The normalized spacial score (nSPS) is 20.4. The summed E-state index contributed by atoms with van der Waals surface area (Å²) in [5, 5.41) is 0. The van der Waals surface area contributed by atoms with Crippen molar-refractivity contribution >= 4 is 11.8 Å². The number of ether oxygens (including phenoxy) is 1. The largest absolute Gasteiger partial charge is 0.463 e. The number of allylic oxidation sites excluding steroid dienone is 1. The van der Waals surface area contributed by atoms with Crippen LogP contribution < -0.4 is 0 Å². The van der Waals surface area contributed by atoms with Gasteiger partial charge in [0.25, 0.3) is 0 Å². The van der Waals surface area contributed by atoms with E-state index in [9.17, 15) is 9.59 Å². The summed E-state index contributed by atoms with van der Waals surface area (Å²) in [6.45, 7) is 7.80. The van der Waals surface area contributed by atoms with Crippen molar-refractivity contribution < 1.29 is 14.3 Å². The lowest BCUT2D eigenvalue weighted by molar-refractivity contribution is -0.140. The molecule has 0 heterocycles. The van der Waals surface area contributed by atoms with Crippen LogP contribution in [0.25, 0.3) is 0 Å². The Morgan fingerprint density at radius 2 is 2.07 bits per heavy atom. The van der Waals surface area contributed by atoms with Gasteiger partial charge in [-0.15, -0.1) is 0 Å². The number of hydrogen-bond donors (Lipinski definition) is 0. The van der Waals surface area contributed by atoms with Crippen LogP contribution in [-0.4, -0.2) is 18.4 Å². The van der Waals surface area contributed by atoms with E-state index >= 15 is 0 Å². The molecule has 0 unspecified atom stereocenters. The molecule has 0 saturated carbocycles. The van der Waals surface area contributed by atoms with Gasteiger partial charge in [-0.2, -0.15) is 0 Å². The topological polar surface area (TPSA) is 43.4 Å². The van der Waals surface area contributed by atoms with E-state index < -0.39 is 0 Å². The number of Topliss-reactive ketones (excluding diaryl/α,β-unsaturated/α-hetero) is 1. The van der Waals surface area contributed by atoms with Gasteiger partial charge < -0.3 is 4.74 Å². The fourth-order valence-electron chi connectivity index (χ4n) is 2.02. The highest BCUT2D eigenvalue weighted by atomic mass is 16.5. The fourth-order valence-corrected chi connectivity index (χ4v) is 2.02. The highest BCUT2D eigenvalue weighted by molar-refractivity contribution is 6.05. The average molecular weight is 210 g/mol. The Bertz CT molecular complexity index is 324. The first kappa shape index (κ1) is 12.0. The van der Waals surface area contributed by atoms with E-state index in [1.165, 1.54) is 0 Å². The highest BCUT2D eigenvalue weighted by Crippen LogP contribution is 2.39. The molecule has 0 N–H and O–H groups in total. The van der Waals surface area contributed by atoms with Crippen LogP contribution in [0.1, 0.15) is 40.5 Å². The van der Waals surface area contributed by atoms with Crippen molar-refractivity contribution in [2.45, 2.75) is 40.5 Å². The third-order valence-corrected chi connectivity index (χ3v) is 2.93. The quantitative estimate of drug-likeness (QED) is 0.656. The molecule has 3 heteroatoms. The molecule has 3 nitrogen and oxygen atoms in total. The molecular weight excluding hydrogens is 192 g/mol. The molecule has 0 saturated heterocycles. The van der Waals surface area contributed by atoms with Crippen molar-refractivity contribution in [2.75, 3.05) is 6.61 Å². The van der Waals surface area contributed by atoms with Crippen LogP contribution in [0.2, 0.25) is 0 Å². The van der Waals surface area contributed by atoms with Crippen molar-refractivity contribution in [2.24, 2.45) is 5.41 Å². The number of esters is 1. The lowest BCUT2D eigenvalue weighted by atomic mass is 9.72. The Balaban J connectivity index is 3.12. The zero-order valence-electron chi connectivity index (χ0n) is 9.85. The number of hydrogen-bond acceptors (Lipinski definition) is 3. The van der Waals surface area contributed by atoms with E-state index in [1.54, 1.807) is 13.8 Å². The molecule has 1 aliphatic carbocycles. The van der Waals surface area contributed by atoms with Gasteiger partial charge in [0.2, 0.25) is 0 Å². The van der Waals surface area contributed by atoms with Crippen LogP contribution in [0.4, 0.5) is 0 Å². The molecule has 0 fully saturated rings. The predicted molar refractivity (Wildman–Crippen MR) is 57.4 cm³/mol. The summed E-state index contributed by atoms with van der Waals surface area (Å²) in [6, 6.07) is 0. The molecule has 1 aliphatic rings. The predicted octanol–water partition coefficient (Wildman–Crippen LogP) is 2.26. The van der Waals surface area contributed by atoms with Crippen molar-refractivity contribution in [3.8, 4) is 0 Å². The molecule has 1 rings (SSSR count). The Hall–Kier alpha value is -1.12. The Labute approximate surface area is 90.5 Å². The van der Waals surface area contributed by atoms with Gasteiger partial charge in [0, 0.05) is 17.6 Å². The molecule has 15 heavy (non-hydrogen) atoms. The zero-order valence-corrected chi connectivity index (χ0v) is 9.85. The van der Waals surface area contributed by atoms with E-state index in [-0.39, 0.29) is 17.2 Å². The Kier molecular flexibility index (Phi) is 3.32. The molecule has 0 spiro atoms. The second kappa shape index (κ2) is 4.17. The summed E-state index contributed by atoms with van der Waals surface area (Å²) >= 11 is 0. The zero-order chi connectivity index (χ0) is 11.6. The second-order valence-corrected chi connectivity index (χ2v) is 4.53. The van der Waals surface area contributed by atoms with Gasteiger partial charge in [0.1, 0.15) is 0 Å². The van der Waals surface area contributed by atoms with Gasteiger partial charge in [0.15, 0.2) is 5.78 Å². The monoisotopic (exact) mass is 210 g/mol. The van der Waals surface area contributed by atoms with Crippen molar-refractivity contribution in [3.63, 3.8) is 0 Å². The lowest BCUT2D eigenvalue weighted by Gasteiger charge is -2.31. The van der Waals surface area contributed by atoms with Crippen LogP contribution >= 0.6 is 0 Å². The van der Waals surface area contributed by atoms with Gasteiger partial charge in [-0.25, -0.2) is 4.79 Å². The molecule has 0 amide bonds. The molecule has 0 atom stereocenters. The van der Waals surface area contributed by atoms with Crippen molar-refractivity contribution in [1.82, 2.24) is 0 Å². The maximum atomic E-state index is 11.7. The first-order valence-corrected chi connectivity index (χ1v) is 5.32. The minimum absolute atomic E-state index is 0.0670. The number of ketones is 1. The summed E-state index contributed by atoms with van der Waals surface area (Å²) < 4.78 is 4.99. The van der Waals surface area contributed by atoms with Gasteiger partial charge in [-0.05, 0) is 25.7 Å². The van der Waals surface area contributed by atoms with Gasteiger partial charge in [0.05, 0.1) is 6.61 Å². The van der Waals surface area contributed by atoms with E-state index in [2.05, 4.69) is 0 Å². The number of rotatable bonds is 2. The van der Waals surface area contributed by atoms with Gasteiger partial charge >= 0.3 is 5.97 Å². The molecule has 0 aromatic carbocycles. The summed E-state index contributed by atoms with van der Waals surface area (Å²) in [6.07, 6.45) is 1.25. The summed E-state index contributed by atoms with van der Waals surface area (Å²) in [4.78, 5) is 23.3. The fraction of sp³-hybridized carbons (Fsp3) is 0.667. The maximum absolute atomic E-state index is 11.7. The molecular formula is C12H18O3. The van der Waals surface area contributed by atoms with E-state index in [0.717, 1.165) is 6.42 Å². The second-order valence-electron chi connectivity index (χ2n) is 4.53. The molecule has 0 aromatic heterocycles. The van der Waals surface area contributed by atoms with Gasteiger partial charge in [-0.1, -0.05) is 13.8 Å². The third-order valence-electron chi connectivity index (χ3n) is 2.93. The third kappa shape index (κ3) is 2.28. The van der Waals surface area contributed by atoms with Gasteiger partial charge in [-0.3, -0.25) is 4.79 Å². The highest BCUT2D eigenvalue weighted by Gasteiger charge is 2.37. The molecule has 84 valence electrons. The van der Waals surface area contributed by atoms with Crippen molar-refractivity contribution in [1.29, 1.82) is 0 Å². The SMILES string of the molecule is CCOC(=O)C1=C(C)C(=O)CCC1(C)C. The smallest absolute Gasteiger partial charge is 0.334 e. The van der Waals surface area contributed by atoms with E-state index in [0.29, 0.717) is 24.2 Å². The standard InChI is InChI=1S/C12H18O3/c1-5-15-11(14)10-8(2)9(13)6-7-12(10,3)4/h5-7H2,1-4H3. The summed E-state index contributed by atoms with van der Waals surface area (Å²) in [5.74, 6) is -0.273. The minimum Gasteiger partial charge on any atom is -0.463 e.